The Bertz CT molecular complexity index is 1180. The maximum Gasteiger partial charge on any atom is 0.262 e. The molecule has 166 valence electrons. The van der Waals surface area contributed by atoms with Crippen molar-refractivity contribution < 1.29 is 14.3 Å². The van der Waals surface area contributed by atoms with Crippen LogP contribution in [0.1, 0.15) is 22.3 Å². The van der Waals surface area contributed by atoms with Gasteiger partial charge in [0.2, 0.25) is 0 Å². The maximum absolute atomic E-state index is 12.3. The first-order valence-electron chi connectivity index (χ1n) is 9.94. The number of carbonyl (C=O) groups excluding carboxylic acids is 1. The molecule has 32 heavy (non-hydrogen) atoms. The van der Waals surface area contributed by atoms with Crippen molar-refractivity contribution in [3.63, 3.8) is 0 Å². The van der Waals surface area contributed by atoms with E-state index in [1.54, 1.807) is 25.5 Å². The number of carbonyl (C=O) groups is 1. The van der Waals surface area contributed by atoms with E-state index in [0.29, 0.717) is 22.2 Å². The molecule has 3 aromatic rings. The number of aryl methyl sites for hydroxylation is 3. The average molecular weight is 563 g/mol. The number of anilines is 1. The summed E-state index contributed by atoms with van der Waals surface area (Å²) in [6.07, 6.45) is 1.78. The number of methoxy groups -OCH3 is 1. The number of hydrogen-bond acceptors (Lipinski definition) is 4. The molecule has 0 saturated carbocycles. The molecule has 0 heterocycles. The minimum Gasteiger partial charge on any atom is -0.493 e. The molecule has 0 saturated heterocycles. The number of aliphatic imine (C=N–C) groups is 1. The van der Waals surface area contributed by atoms with Crippen molar-refractivity contribution in [1.29, 1.82) is 0 Å². The second-order valence-corrected chi connectivity index (χ2v) is 8.93. The van der Waals surface area contributed by atoms with E-state index >= 15 is 0 Å². The van der Waals surface area contributed by atoms with Gasteiger partial charge in [-0.15, -0.1) is 0 Å². The van der Waals surface area contributed by atoms with Crippen LogP contribution >= 0.6 is 34.2 Å². The lowest BCUT2D eigenvalue weighted by atomic mass is 10.1. The zero-order chi connectivity index (χ0) is 23.3. The fraction of sp³-hybridized carbons (Fsp3) is 0.200. The van der Waals surface area contributed by atoms with E-state index in [2.05, 4.69) is 52.8 Å². The van der Waals surface area contributed by atoms with Crippen LogP contribution in [0.2, 0.25) is 5.02 Å². The van der Waals surface area contributed by atoms with Gasteiger partial charge in [0.15, 0.2) is 18.1 Å². The van der Waals surface area contributed by atoms with E-state index in [9.17, 15) is 4.79 Å². The minimum atomic E-state index is -0.289. The molecule has 7 heteroatoms. The van der Waals surface area contributed by atoms with Gasteiger partial charge >= 0.3 is 0 Å². The van der Waals surface area contributed by atoms with Crippen molar-refractivity contribution in [2.24, 2.45) is 4.99 Å². The molecule has 0 atom stereocenters. The van der Waals surface area contributed by atoms with Crippen LogP contribution in [0.25, 0.3) is 0 Å². The monoisotopic (exact) mass is 562 g/mol. The van der Waals surface area contributed by atoms with Crippen molar-refractivity contribution >= 4 is 57.7 Å². The fourth-order valence-corrected chi connectivity index (χ4v) is 3.88. The topological polar surface area (TPSA) is 59.9 Å². The number of rotatable bonds is 7. The van der Waals surface area contributed by atoms with E-state index in [1.165, 1.54) is 11.1 Å². The number of ether oxygens (including phenoxy) is 2. The smallest absolute Gasteiger partial charge is 0.262 e. The normalized spacial score (nSPS) is 10.9. The Labute approximate surface area is 206 Å². The second kappa shape index (κ2) is 10.8. The van der Waals surface area contributed by atoms with E-state index in [0.717, 1.165) is 20.4 Å². The molecular formula is C25H24ClIN2O3. The molecule has 0 spiro atoms. The van der Waals surface area contributed by atoms with Gasteiger partial charge in [-0.05, 0) is 102 Å². The summed E-state index contributed by atoms with van der Waals surface area (Å²) in [5.41, 5.74) is 5.75. The molecule has 0 fully saturated rings. The summed E-state index contributed by atoms with van der Waals surface area (Å²) in [5.74, 6) is 0.751. The summed E-state index contributed by atoms with van der Waals surface area (Å²) in [5, 5.41) is 3.38. The summed E-state index contributed by atoms with van der Waals surface area (Å²) < 4.78 is 12.1. The summed E-state index contributed by atoms with van der Waals surface area (Å²) >= 11 is 8.28. The standard InChI is InChI=1S/C25H24ClIN2O3/c1-15-5-7-19(9-17(15)3)28-13-18-10-22(27)25(23(11-18)31-4)32-14-24(30)29-20-8-6-16(2)21(26)12-20/h5-13H,14H2,1-4H3,(H,29,30). The van der Waals surface area contributed by atoms with Crippen molar-refractivity contribution in [2.75, 3.05) is 19.0 Å². The maximum atomic E-state index is 12.3. The third-order valence-corrected chi connectivity index (χ3v) is 6.12. The summed E-state index contributed by atoms with van der Waals surface area (Å²) in [4.78, 5) is 16.9. The fourth-order valence-electron chi connectivity index (χ4n) is 2.91. The lowest BCUT2D eigenvalue weighted by Gasteiger charge is -2.14. The number of halogens is 2. The van der Waals surface area contributed by atoms with Crippen LogP contribution in [-0.2, 0) is 4.79 Å². The van der Waals surface area contributed by atoms with Gasteiger partial charge in [-0.25, -0.2) is 0 Å². The minimum absolute atomic E-state index is 0.159. The van der Waals surface area contributed by atoms with Crippen molar-refractivity contribution in [3.05, 3.63) is 79.4 Å². The zero-order valence-electron chi connectivity index (χ0n) is 18.3. The quantitative estimate of drug-likeness (QED) is 0.259. The van der Waals surface area contributed by atoms with Gasteiger partial charge in [0.05, 0.1) is 16.4 Å². The third-order valence-electron chi connectivity index (χ3n) is 4.91. The first kappa shape index (κ1) is 24.1. The van der Waals surface area contributed by atoms with Crippen LogP contribution in [0.15, 0.2) is 53.5 Å². The molecule has 0 aliphatic rings. The third kappa shape index (κ3) is 6.23. The Morgan fingerprint density at radius 3 is 2.50 bits per heavy atom. The van der Waals surface area contributed by atoms with Gasteiger partial charge in [0.25, 0.3) is 5.91 Å². The first-order valence-corrected chi connectivity index (χ1v) is 11.4. The summed E-state index contributed by atoms with van der Waals surface area (Å²) in [6.45, 7) is 5.89. The van der Waals surface area contributed by atoms with Gasteiger partial charge in [-0.2, -0.15) is 0 Å². The molecular weight excluding hydrogens is 539 g/mol. The molecule has 0 aromatic heterocycles. The molecule has 0 aliphatic heterocycles. The molecule has 0 bridgehead atoms. The Balaban J connectivity index is 1.70. The molecule has 3 aromatic carbocycles. The highest BCUT2D eigenvalue weighted by molar-refractivity contribution is 14.1. The average Bonchev–Trinajstić information content (AvgIpc) is 2.76. The van der Waals surface area contributed by atoms with E-state index in [4.69, 9.17) is 21.1 Å². The highest BCUT2D eigenvalue weighted by Crippen LogP contribution is 2.34. The molecule has 1 amide bonds. The number of nitrogens with zero attached hydrogens (tertiary/aromatic N) is 1. The van der Waals surface area contributed by atoms with Gasteiger partial charge in [-0.3, -0.25) is 9.79 Å². The SMILES string of the molecule is COc1cc(C=Nc2ccc(C)c(C)c2)cc(I)c1OCC(=O)Nc1ccc(C)c(Cl)c1. The van der Waals surface area contributed by atoms with E-state index in [-0.39, 0.29) is 12.5 Å². The molecule has 0 radical (unpaired) electrons. The number of hydrogen-bond donors (Lipinski definition) is 1. The molecule has 1 N–H and O–H groups in total. The first-order chi connectivity index (χ1) is 15.3. The van der Waals surface area contributed by atoms with Gasteiger partial charge < -0.3 is 14.8 Å². The van der Waals surface area contributed by atoms with Crippen LogP contribution < -0.4 is 14.8 Å². The van der Waals surface area contributed by atoms with Crippen LogP contribution in [0, 0.1) is 24.3 Å². The summed E-state index contributed by atoms with van der Waals surface area (Å²) in [7, 11) is 1.57. The predicted octanol–water partition coefficient (Wildman–Crippen LogP) is 6.65. The highest BCUT2D eigenvalue weighted by Gasteiger charge is 2.13. The largest absolute Gasteiger partial charge is 0.493 e. The lowest BCUT2D eigenvalue weighted by Crippen LogP contribution is -2.20. The van der Waals surface area contributed by atoms with Crippen molar-refractivity contribution in [2.45, 2.75) is 20.8 Å². The van der Waals surface area contributed by atoms with Crippen LogP contribution in [0.3, 0.4) is 0 Å². The summed E-state index contributed by atoms with van der Waals surface area (Å²) in [6, 6.07) is 15.2. The van der Waals surface area contributed by atoms with Crippen LogP contribution in [-0.4, -0.2) is 25.8 Å². The number of nitrogens with one attached hydrogen (secondary N) is 1. The number of benzene rings is 3. The Hall–Kier alpha value is -2.58. The number of amides is 1. The Morgan fingerprint density at radius 1 is 1.06 bits per heavy atom. The molecule has 3 rings (SSSR count). The van der Waals surface area contributed by atoms with Crippen LogP contribution in [0.5, 0.6) is 11.5 Å². The van der Waals surface area contributed by atoms with E-state index in [1.807, 2.05) is 37.3 Å². The second-order valence-electron chi connectivity index (χ2n) is 7.36. The molecule has 5 nitrogen and oxygen atoms in total. The van der Waals surface area contributed by atoms with Gasteiger partial charge in [-0.1, -0.05) is 23.7 Å². The zero-order valence-corrected chi connectivity index (χ0v) is 21.2. The van der Waals surface area contributed by atoms with E-state index < -0.39 is 0 Å². The molecule has 0 unspecified atom stereocenters. The Kier molecular flexibility index (Phi) is 8.15. The molecule has 0 aliphatic carbocycles. The predicted molar refractivity (Wildman–Crippen MR) is 139 cm³/mol. The Morgan fingerprint density at radius 2 is 1.81 bits per heavy atom. The lowest BCUT2D eigenvalue weighted by molar-refractivity contribution is -0.118. The van der Waals surface area contributed by atoms with Gasteiger partial charge in [0.1, 0.15) is 0 Å². The van der Waals surface area contributed by atoms with Gasteiger partial charge in [0, 0.05) is 16.9 Å². The van der Waals surface area contributed by atoms with Crippen molar-refractivity contribution in [3.8, 4) is 11.5 Å². The van der Waals surface area contributed by atoms with Crippen molar-refractivity contribution in [1.82, 2.24) is 0 Å². The van der Waals surface area contributed by atoms with Crippen LogP contribution in [0.4, 0.5) is 11.4 Å². The highest BCUT2D eigenvalue weighted by atomic mass is 127.